The highest BCUT2D eigenvalue weighted by atomic mass is 35.5. The molecule has 1 aromatic rings. The van der Waals surface area contributed by atoms with E-state index in [2.05, 4.69) is 6.58 Å². The Morgan fingerprint density at radius 1 is 1.82 bits per heavy atom. The van der Waals surface area contributed by atoms with E-state index in [1.807, 2.05) is 12.3 Å². The van der Waals surface area contributed by atoms with E-state index in [0.29, 0.717) is 5.02 Å². The van der Waals surface area contributed by atoms with Crippen LogP contribution in [0.4, 0.5) is 0 Å². The Kier molecular flexibility index (Phi) is 2.71. The van der Waals surface area contributed by atoms with Crippen LogP contribution >= 0.6 is 22.9 Å². The van der Waals surface area contributed by atoms with Crippen molar-refractivity contribution in [3.63, 3.8) is 0 Å². The molecule has 0 aliphatic heterocycles. The summed E-state index contributed by atoms with van der Waals surface area (Å²) in [5.74, 6) is 0. The van der Waals surface area contributed by atoms with Gasteiger partial charge in [0.05, 0.1) is 9.90 Å². The number of aliphatic hydroxyl groups is 1. The first-order valence-electron chi connectivity index (χ1n) is 3.21. The lowest BCUT2D eigenvalue weighted by molar-refractivity contribution is 0.233. The Hall–Kier alpha value is -0.310. The summed E-state index contributed by atoms with van der Waals surface area (Å²) >= 11 is 7.34. The average molecular weight is 189 g/mol. The van der Waals surface area contributed by atoms with E-state index in [-0.39, 0.29) is 0 Å². The molecular formula is C8H9ClOS. The van der Waals surface area contributed by atoms with Gasteiger partial charge in [-0.2, -0.15) is 0 Å². The van der Waals surface area contributed by atoms with E-state index in [4.69, 9.17) is 11.6 Å². The Morgan fingerprint density at radius 2 is 2.45 bits per heavy atom. The molecule has 1 unspecified atom stereocenters. The van der Waals surface area contributed by atoms with Gasteiger partial charge in [-0.1, -0.05) is 17.7 Å². The molecule has 1 rings (SSSR count). The maximum Gasteiger partial charge on any atom is 0.108 e. The zero-order valence-electron chi connectivity index (χ0n) is 6.17. The average Bonchev–Trinajstić information content (AvgIpc) is 2.32. The fraction of sp³-hybridized carbons (Fsp3) is 0.250. The van der Waals surface area contributed by atoms with Gasteiger partial charge >= 0.3 is 0 Å². The minimum absolute atomic E-state index is 0.624. The summed E-state index contributed by atoms with van der Waals surface area (Å²) in [4.78, 5) is 0.777. The van der Waals surface area contributed by atoms with E-state index in [1.165, 1.54) is 17.4 Å². The highest BCUT2D eigenvalue weighted by molar-refractivity contribution is 7.10. The first-order chi connectivity index (χ1) is 5.16. The molecule has 0 spiro atoms. The Bertz CT molecular complexity index is 267. The van der Waals surface area contributed by atoms with Crippen LogP contribution in [0.15, 0.2) is 18.0 Å². The quantitative estimate of drug-likeness (QED) is 0.708. The van der Waals surface area contributed by atoms with E-state index < -0.39 is 6.10 Å². The van der Waals surface area contributed by atoms with Crippen LogP contribution in [-0.4, -0.2) is 5.11 Å². The lowest BCUT2D eigenvalue weighted by Crippen LogP contribution is -1.88. The summed E-state index contributed by atoms with van der Waals surface area (Å²) in [7, 11) is 0. The topological polar surface area (TPSA) is 20.2 Å². The standard InChI is InChI=1S/C8H9ClOS/c1-3-6(10)8-7(9)5(2)4-11-8/h3-4,6,10H,1H2,2H3. The summed E-state index contributed by atoms with van der Waals surface area (Å²) in [6.45, 7) is 5.40. The van der Waals surface area contributed by atoms with Crippen LogP contribution in [0.3, 0.4) is 0 Å². The second-order valence-corrected chi connectivity index (χ2v) is 3.57. The van der Waals surface area contributed by atoms with E-state index in [0.717, 1.165) is 10.4 Å². The second-order valence-electron chi connectivity index (χ2n) is 2.28. The molecule has 0 saturated carbocycles. The lowest BCUT2D eigenvalue weighted by atomic mass is 10.2. The van der Waals surface area contributed by atoms with Crippen LogP contribution in [0.25, 0.3) is 0 Å². The summed E-state index contributed by atoms with van der Waals surface area (Å²) in [6, 6.07) is 0. The van der Waals surface area contributed by atoms with Gasteiger partial charge in [0.25, 0.3) is 0 Å². The smallest absolute Gasteiger partial charge is 0.108 e. The molecule has 11 heavy (non-hydrogen) atoms. The normalized spacial score (nSPS) is 13.0. The van der Waals surface area contributed by atoms with E-state index in [9.17, 15) is 5.11 Å². The zero-order valence-corrected chi connectivity index (χ0v) is 7.75. The molecular weight excluding hydrogens is 180 g/mol. The van der Waals surface area contributed by atoms with Gasteiger partial charge in [-0.05, 0) is 17.9 Å². The molecule has 0 amide bonds. The van der Waals surface area contributed by atoms with Crippen molar-refractivity contribution in [2.45, 2.75) is 13.0 Å². The van der Waals surface area contributed by atoms with Crippen molar-refractivity contribution >= 4 is 22.9 Å². The first kappa shape index (κ1) is 8.78. The zero-order chi connectivity index (χ0) is 8.43. The minimum Gasteiger partial charge on any atom is -0.383 e. The summed E-state index contributed by atoms with van der Waals surface area (Å²) < 4.78 is 0. The largest absolute Gasteiger partial charge is 0.383 e. The minimum atomic E-state index is -0.624. The SMILES string of the molecule is C=CC(O)c1scc(C)c1Cl. The molecule has 0 aromatic carbocycles. The van der Waals surface area contributed by atoms with Gasteiger partial charge in [-0.25, -0.2) is 0 Å². The van der Waals surface area contributed by atoms with Crippen molar-refractivity contribution in [2.75, 3.05) is 0 Å². The maximum atomic E-state index is 9.33. The predicted octanol–water partition coefficient (Wildman–Crippen LogP) is 2.93. The van der Waals surface area contributed by atoms with Gasteiger partial charge in [-0.3, -0.25) is 0 Å². The van der Waals surface area contributed by atoms with Crippen molar-refractivity contribution in [3.05, 3.63) is 33.5 Å². The maximum absolute atomic E-state index is 9.33. The molecule has 1 aromatic heterocycles. The number of hydrogen-bond donors (Lipinski definition) is 1. The molecule has 1 N–H and O–H groups in total. The van der Waals surface area contributed by atoms with Gasteiger partial charge < -0.3 is 5.11 Å². The van der Waals surface area contributed by atoms with E-state index in [1.54, 1.807) is 0 Å². The van der Waals surface area contributed by atoms with Gasteiger partial charge in [0.2, 0.25) is 0 Å². The first-order valence-corrected chi connectivity index (χ1v) is 4.46. The lowest BCUT2D eigenvalue weighted by Gasteiger charge is -2.01. The third-order valence-electron chi connectivity index (χ3n) is 1.42. The highest BCUT2D eigenvalue weighted by Crippen LogP contribution is 2.32. The Labute approximate surface area is 74.9 Å². The van der Waals surface area contributed by atoms with Crippen LogP contribution in [0.2, 0.25) is 5.02 Å². The molecule has 3 heteroatoms. The number of rotatable bonds is 2. The third kappa shape index (κ3) is 1.64. The number of thiophene rings is 1. The van der Waals surface area contributed by atoms with Crippen LogP contribution in [0.5, 0.6) is 0 Å². The summed E-state index contributed by atoms with van der Waals surface area (Å²) in [5, 5.41) is 11.9. The molecule has 0 saturated heterocycles. The van der Waals surface area contributed by atoms with Gasteiger partial charge in [0.1, 0.15) is 6.10 Å². The Balaban J connectivity index is 3.03. The van der Waals surface area contributed by atoms with Crippen molar-refractivity contribution < 1.29 is 5.11 Å². The van der Waals surface area contributed by atoms with Crippen molar-refractivity contribution in [3.8, 4) is 0 Å². The molecule has 0 aliphatic rings. The molecule has 0 bridgehead atoms. The molecule has 1 atom stereocenters. The predicted molar refractivity (Wildman–Crippen MR) is 49.2 cm³/mol. The third-order valence-corrected chi connectivity index (χ3v) is 3.20. The number of aryl methyl sites for hydroxylation is 1. The van der Waals surface area contributed by atoms with Gasteiger partial charge in [0.15, 0.2) is 0 Å². The fourth-order valence-electron chi connectivity index (χ4n) is 0.756. The van der Waals surface area contributed by atoms with Gasteiger partial charge in [0, 0.05) is 0 Å². The Morgan fingerprint density at radius 3 is 2.82 bits per heavy atom. The summed E-state index contributed by atoms with van der Waals surface area (Å²) in [6.07, 6.45) is 0.846. The highest BCUT2D eigenvalue weighted by Gasteiger charge is 2.11. The fourth-order valence-corrected chi connectivity index (χ4v) is 2.04. The van der Waals surface area contributed by atoms with Crippen LogP contribution in [0.1, 0.15) is 16.5 Å². The molecule has 0 aliphatic carbocycles. The van der Waals surface area contributed by atoms with Crippen LogP contribution in [-0.2, 0) is 0 Å². The molecule has 1 heterocycles. The molecule has 60 valence electrons. The monoisotopic (exact) mass is 188 g/mol. The molecule has 1 nitrogen and oxygen atoms in total. The molecule has 0 fully saturated rings. The summed E-state index contributed by atoms with van der Waals surface area (Å²) in [5.41, 5.74) is 1.01. The second kappa shape index (κ2) is 3.39. The van der Waals surface area contributed by atoms with Crippen LogP contribution < -0.4 is 0 Å². The number of halogens is 1. The van der Waals surface area contributed by atoms with Crippen molar-refractivity contribution in [1.82, 2.24) is 0 Å². The number of aliphatic hydroxyl groups excluding tert-OH is 1. The van der Waals surface area contributed by atoms with Crippen molar-refractivity contribution in [2.24, 2.45) is 0 Å². The van der Waals surface area contributed by atoms with Crippen LogP contribution in [0, 0.1) is 6.92 Å². The number of hydrogen-bond acceptors (Lipinski definition) is 2. The molecule has 0 radical (unpaired) electrons. The van der Waals surface area contributed by atoms with Gasteiger partial charge in [-0.15, -0.1) is 17.9 Å². The van der Waals surface area contributed by atoms with E-state index >= 15 is 0 Å². The van der Waals surface area contributed by atoms with Crippen molar-refractivity contribution in [1.29, 1.82) is 0 Å².